The van der Waals surface area contributed by atoms with Crippen molar-refractivity contribution in [1.29, 1.82) is 0 Å². The summed E-state index contributed by atoms with van der Waals surface area (Å²) < 4.78 is 5.95. The van der Waals surface area contributed by atoms with Gasteiger partial charge in [-0.05, 0) is 44.6 Å². The second-order valence-corrected chi connectivity index (χ2v) is 5.84. The molecular formula is C15H31NO. The molecule has 0 bridgehead atoms. The van der Waals surface area contributed by atoms with Crippen LogP contribution in [0.1, 0.15) is 59.3 Å². The number of hydrogen-bond donors (Lipinski definition) is 1. The van der Waals surface area contributed by atoms with Crippen molar-refractivity contribution < 1.29 is 4.74 Å². The van der Waals surface area contributed by atoms with Gasteiger partial charge in [-0.1, -0.05) is 33.1 Å². The highest BCUT2D eigenvalue weighted by Crippen LogP contribution is 2.28. The van der Waals surface area contributed by atoms with Gasteiger partial charge >= 0.3 is 0 Å². The van der Waals surface area contributed by atoms with E-state index in [1.54, 1.807) is 0 Å². The minimum absolute atomic E-state index is 0.365. The maximum atomic E-state index is 5.95. The fourth-order valence-corrected chi connectivity index (χ4v) is 2.68. The number of nitrogens with one attached hydrogen (secondary N) is 1. The van der Waals surface area contributed by atoms with E-state index in [9.17, 15) is 0 Å². The lowest BCUT2D eigenvalue weighted by Crippen LogP contribution is -2.30. The normalized spacial score (nSPS) is 27.0. The van der Waals surface area contributed by atoms with Gasteiger partial charge in [0.15, 0.2) is 0 Å². The summed E-state index contributed by atoms with van der Waals surface area (Å²) in [5, 5.41) is 3.46. The van der Waals surface area contributed by atoms with E-state index in [4.69, 9.17) is 4.74 Å². The molecule has 0 aromatic heterocycles. The standard InChI is InChI=1S/C15H31NO/c1-4-5-9-16-11-14(3)17-12-15-8-6-7-13(2)10-15/h13-16H,4-12H2,1-3H3. The first-order chi connectivity index (χ1) is 8.22. The molecule has 1 aliphatic carbocycles. The zero-order valence-corrected chi connectivity index (χ0v) is 12.0. The lowest BCUT2D eigenvalue weighted by atomic mass is 9.83. The molecule has 0 aromatic carbocycles. The monoisotopic (exact) mass is 241 g/mol. The van der Waals surface area contributed by atoms with Crippen molar-refractivity contribution in [3.05, 3.63) is 0 Å². The van der Waals surface area contributed by atoms with Crippen LogP contribution in [0.15, 0.2) is 0 Å². The smallest absolute Gasteiger partial charge is 0.0671 e. The van der Waals surface area contributed by atoms with Gasteiger partial charge in [0, 0.05) is 13.2 Å². The number of ether oxygens (including phenoxy) is 1. The average molecular weight is 241 g/mol. The van der Waals surface area contributed by atoms with E-state index in [0.29, 0.717) is 6.10 Å². The zero-order chi connectivity index (χ0) is 12.5. The minimum Gasteiger partial charge on any atom is -0.377 e. The van der Waals surface area contributed by atoms with Crippen molar-refractivity contribution in [2.75, 3.05) is 19.7 Å². The van der Waals surface area contributed by atoms with Gasteiger partial charge in [0.05, 0.1) is 6.10 Å². The number of unbranched alkanes of at least 4 members (excludes halogenated alkanes) is 1. The van der Waals surface area contributed by atoms with Gasteiger partial charge in [-0.2, -0.15) is 0 Å². The molecule has 0 heterocycles. The molecule has 0 aromatic rings. The molecule has 0 amide bonds. The first-order valence-corrected chi connectivity index (χ1v) is 7.54. The summed E-state index contributed by atoms with van der Waals surface area (Å²) in [7, 11) is 0. The third-order valence-electron chi connectivity index (χ3n) is 3.80. The Labute approximate surface area is 108 Å². The Hall–Kier alpha value is -0.0800. The number of hydrogen-bond acceptors (Lipinski definition) is 2. The summed E-state index contributed by atoms with van der Waals surface area (Å²) in [6.45, 7) is 9.90. The van der Waals surface area contributed by atoms with Crippen LogP contribution in [0.25, 0.3) is 0 Å². The van der Waals surface area contributed by atoms with E-state index < -0.39 is 0 Å². The van der Waals surface area contributed by atoms with E-state index in [1.807, 2.05) is 0 Å². The SMILES string of the molecule is CCCCNCC(C)OCC1CCCC(C)C1. The summed E-state index contributed by atoms with van der Waals surface area (Å²) in [4.78, 5) is 0. The van der Waals surface area contributed by atoms with Crippen molar-refractivity contribution in [2.24, 2.45) is 11.8 Å². The molecule has 0 radical (unpaired) electrons. The van der Waals surface area contributed by atoms with Crippen molar-refractivity contribution in [1.82, 2.24) is 5.32 Å². The molecule has 1 rings (SSSR count). The van der Waals surface area contributed by atoms with E-state index in [1.165, 1.54) is 38.5 Å². The average Bonchev–Trinajstić information content (AvgIpc) is 2.32. The molecule has 3 atom stereocenters. The molecule has 1 saturated carbocycles. The predicted molar refractivity (Wildman–Crippen MR) is 74.3 cm³/mol. The van der Waals surface area contributed by atoms with Gasteiger partial charge in [0.25, 0.3) is 0 Å². The molecule has 0 spiro atoms. The van der Waals surface area contributed by atoms with Crippen LogP contribution in [-0.2, 0) is 4.74 Å². The lowest BCUT2D eigenvalue weighted by Gasteiger charge is -2.27. The van der Waals surface area contributed by atoms with Crippen LogP contribution < -0.4 is 5.32 Å². The fraction of sp³-hybridized carbons (Fsp3) is 1.00. The Bertz CT molecular complexity index is 184. The van der Waals surface area contributed by atoms with Crippen LogP contribution in [0, 0.1) is 11.8 Å². The summed E-state index contributed by atoms with van der Waals surface area (Å²) in [5.74, 6) is 1.73. The summed E-state index contributed by atoms with van der Waals surface area (Å²) >= 11 is 0. The summed E-state index contributed by atoms with van der Waals surface area (Å²) in [6.07, 6.45) is 8.47. The van der Waals surface area contributed by atoms with Crippen LogP contribution in [0.4, 0.5) is 0 Å². The molecule has 1 aliphatic rings. The summed E-state index contributed by atoms with van der Waals surface area (Å²) in [5.41, 5.74) is 0. The van der Waals surface area contributed by atoms with Gasteiger partial charge in [-0.15, -0.1) is 0 Å². The second-order valence-electron chi connectivity index (χ2n) is 5.84. The Kier molecular flexibility index (Phi) is 7.87. The van der Waals surface area contributed by atoms with Gasteiger partial charge in [0.1, 0.15) is 0 Å². The maximum Gasteiger partial charge on any atom is 0.0671 e. The van der Waals surface area contributed by atoms with Crippen molar-refractivity contribution in [2.45, 2.75) is 65.4 Å². The number of rotatable bonds is 8. The van der Waals surface area contributed by atoms with Crippen LogP contribution in [0.3, 0.4) is 0 Å². The van der Waals surface area contributed by atoms with E-state index in [0.717, 1.165) is 31.5 Å². The van der Waals surface area contributed by atoms with Crippen molar-refractivity contribution in [3.63, 3.8) is 0 Å². The van der Waals surface area contributed by atoms with Gasteiger partial charge in [-0.25, -0.2) is 0 Å². The first kappa shape index (κ1) is 15.0. The van der Waals surface area contributed by atoms with Gasteiger partial charge in [-0.3, -0.25) is 0 Å². The predicted octanol–water partition coefficient (Wildman–Crippen LogP) is 3.61. The molecule has 102 valence electrons. The highest BCUT2D eigenvalue weighted by Gasteiger charge is 2.19. The third kappa shape index (κ3) is 7.05. The molecule has 0 aliphatic heterocycles. The second kappa shape index (κ2) is 8.93. The first-order valence-electron chi connectivity index (χ1n) is 7.54. The Balaban J connectivity index is 2.00. The maximum absolute atomic E-state index is 5.95. The fourth-order valence-electron chi connectivity index (χ4n) is 2.68. The third-order valence-corrected chi connectivity index (χ3v) is 3.80. The molecule has 2 heteroatoms. The van der Waals surface area contributed by atoms with Gasteiger partial charge in [0.2, 0.25) is 0 Å². The highest BCUT2D eigenvalue weighted by atomic mass is 16.5. The minimum atomic E-state index is 0.365. The lowest BCUT2D eigenvalue weighted by molar-refractivity contribution is 0.0262. The quantitative estimate of drug-likeness (QED) is 0.656. The summed E-state index contributed by atoms with van der Waals surface area (Å²) in [6, 6.07) is 0. The Morgan fingerprint density at radius 3 is 2.88 bits per heavy atom. The van der Waals surface area contributed by atoms with Crippen LogP contribution >= 0.6 is 0 Å². The molecule has 2 nitrogen and oxygen atoms in total. The van der Waals surface area contributed by atoms with Gasteiger partial charge < -0.3 is 10.1 Å². The molecule has 0 saturated heterocycles. The van der Waals surface area contributed by atoms with Crippen LogP contribution in [0.2, 0.25) is 0 Å². The molecule has 1 N–H and O–H groups in total. The van der Waals surface area contributed by atoms with Crippen molar-refractivity contribution in [3.8, 4) is 0 Å². The molecule has 1 fully saturated rings. The Morgan fingerprint density at radius 2 is 2.18 bits per heavy atom. The molecule has 3 unspecified atom stereocenters. The van der Waals surface area contributed by atoms with E-state index in [-0.39, 0.29) is 0 Å². The van der Waals surface area contributed by atoms with Crippen LogP contribution in [-0.4, -0.2) is 25.8 Å². The van der Waals surface area contributed by atoms with Crippen LogP contribution in [0.5, 0.6) is 0 Å². The Morgan fingerprint density at radius 1 is 1.35 bits per heavy atom. The molecular weight excluding hydrogens is 210 g/mol. The van der Waals surface area contributed by atoms with E-state index in [2.05, 4.69) is 26.1 Å². The van der Waals surface area contributed by atoms with Crippen molar-refractivity contribution >= 4 is 0 Å². The zero-order valence-electron chi connectivity index (χ0n) is 12.0. The topological polar surface area (TPSA) is 21.3 Å². The molecule has 17 heavy (non-hydrogen) atoms. The highest BCUT2D eigenvalue weighted by molar-refractivity contribution is 4.70. The largest absolute Gasteiger partial charge is 0.377 e. The van der Waals surface area contributed by atoms with E-state index >= 15 is 0 Å².